The van der Waals surface area contributed by atoms with Gasteiger partial charge in [-0.15, -0.1) is 0 Å². The Kier molecular flexibility index (Phi) is 1.94. The van der Waals surface area contributed by atoms with Crippen LogP contribution in [0.4, 0.5) is 4.79 Å². The Hall–Kier alpha value is -1.55. The van der Waals surface area contributed by atoms with Crippen molar-refractivity contribution in [2.24, 2.45) is 0 Å². The molecule has 0 radical (unpaired) electrons. The molecule has 0 bridgehead atoms. The van der Waals surface area contributed by atoms with Crippen LogP contribution in [-0.2, 0) is 5.60 Å². The topological polar surface area (TPSA) is 52.6 Å². The van der Waals surface area contributed by atoms with Gasteiger partial charge in [0.1, 0.15) is 5.60 Å². The minimum Gasteiger partial charge on any atom is -0.383 e. The zero-order valence-corrected chi connectivity index (χ0v) is 8.89. The summed E-state index contributed by atoms with van der Waals surface area (Å²) in [6.07, 6.45) is 0.620. The van der Waals surface area contributed by atoms with Crippen LogP contribution in [0.5, 0.6) is 0 Å². The van der Waals surface area contributed by atoms with Gasteiger partial charge in [0, 0.05) is 19.5 Å². The van der Waals surface area contributed by atoms with Gasteiger partial charge in [0.05, 0.1) is 6.04 Å². The number of urea groups is 1. The van der Waals surface area contributed by atoms with Crippen molar-refractivity contribution in [3.63, 3.8) is 0 Å². The molecule has 1 aromatic carbocycles. The Bertz CT molecular complexity index is 420. The zero-order valence-electron chi connectivity index (χ0n) is 8.89. The summed E-state index contributed by atoms with van der Waals surface area (Å²) in [5, 5.41) is 13.5. The standard InChI is InChI=1S/C12H14N2O2/c15-11-13-8-10-12(16,6-7-14(10)11)9-4-2-1-3-5-9/h1-5,10,16H,6-8H2,(H,13,15)/t10-,12+/m0/s1. The smallest absolute Gasteiger partial charge is 0.317 e. The average molecular weight is 218 g/mol. The molecule has 4 heteroatoms. The second kappa shape index (κ2) is 3.22. The third-order valence-electron chi connectivity index (χ3n) is 3.64. The van der Waals surface area contributed by atoms with Crippen molar-refractivity contribution in [3.8, 4) is 0 Å². The molecular weight excluding hydrogens is 204 g/mol. The summed E-state index contributed by atoms with van der Waals surface area (Å²) in [6.45, 7) is 1.16. The molecule has 16 heavy (non-hydrogen) atoms. The van der Waals surface area contributed by atoms with Gasteiger partial charge in [-0.25, -0.2) is 4.79 Å². The SMILES string of the molecule is O=C1NC[C@@H]2N1CC[C@@]2(O)c1ccccc1. The fraction of sp³-hybridized carbons (Fsp3) is 0.417. The molecule has 0 unspecified atom stereocenters. The van der Waals surface area contributed by atoms with Crippen LogP contribution < -0.4 is 5.32 Å². The van der Waals surface area contributed by atoms with Crippen molar-refractivity contribution in [3.05, 3.63) is 35.9 Å². The quantitative estimate of drug-likeness (QED) is 0.728. The number of carbonyl (C=O) groups excluding carboxylic acids is 1. The van der Waals surface area contributed by atoms with Crippen molar-refractivity contribution in [1.29, 1.82) is 0 Å². The van der Waals surface area contributed by atoms with Gasteiger partial charge >= 0.3 is 6.03 Å². The van der Waals surface area contributed by atoms with Crippen LogP contribution in [-0.4, -0.2) is 35.2 Å². The lowest BCUT2D eigenvalue weighted by Crippen LogP contribution is -2.41. The molecule has 3 rings (SSSR count). The molecule has 2 aliphatic rings. The van der Waals surface area contributed by atoms with Gasteiger partial charge in [0.15, 0.2) is 0 Å². The summed E-state index contributed by atoms with van der Waals surface area (Å²) in [5.41, 5.74) is 0.0134. The van der Waals surface area contributed by atoms with Crippen molar-refractivity contribution >= 4 is 6.03 Å². The lowest BCUT2D eigenvalue weighted by molar-refractivity contribution is 0.0163. The molecule has 0 aliphatic carbocycles. The predicted molar refractivity (Wildman–Crippen MR) is 58.8 cm³/mol. The Morgan fingerprint density at radius 1 is 1.38 bits per heavy atom. The third-order valence-corrected chi connectivity index (χ3v) is 3.64. The number of hydrogen-bond donors (Lipinski definition) is 2. The van der Waals surface area contributed by atoms with E-state index in [1.54, 1.807) is 4.90 Å². The molecule has 2 heterocycles. The largest absolute Gasteiger partial charge is 0.383 e. The fourth-order valence-corrected chi connectivity index (χ4v) is 2.74. The lowest BCUT2D eigenvalue weighted by Gasteiger charge is -2.29. The van der Waals surface area contributed by atoms with Crippen LogP contribution in [0, 0.1) is 0 Å². The van der Waals surface area contributed by atoms with E-state index in [9.17, 15) is 9.90 Å². The number of fused-ring (bicyclic) bond motifs is 1. The van der Waals surface area contributed by atoms with Gasteiger partial charge in [0.2, 0.25) is 0 Å². The molecule has 0 spiro atoms. The molecule has 84 valence electrons. The molecule has 2 atom stereocenters. The van der Waals surface area contributed by atoms with Crippen LogP contribution in [0.25, 0.3) is 0 Å². The normalized spacial score (nSPS) is 32.7. The Morgan fingerprint density at radius 3 is 2.88 bits per heavy atom. The molecule has 1 aromatic rings. The molecule has 0 saturated carbocycles. The monoisotopic (exact) mass is 218 g/mol. The summed E-state index contributed by atoms with van der Waals surface area (Å²) in [5.74, 6) is 0. The van der Waals surface area contributed by atoms with Gasteiger partial charge < -0.3 is 15.3 Å². The maximum atomic E-state index is 11.5. The lowest BCUT2D eigenvalue weighted by atomic mass is 9.87. The van der Waals surface area contributed by atoms with E-state index < -0.39 is 5.60 Å². The number of rotatable bonds is 1. The first-order valence-corrected chi connectivity index (χ1v) is 5.54. The number of nitrogens with one attached hydrogen (secondary N) is 1. The Morgan fingerprint density at radius 2 is 2.12 bits per heavy atom. The molecule has 2 fully saturated rings. The first-order chi connectivity index (χ1) is 7.72. The van der Waals surface area contributed by atoms with Crippen LogP contribution >= 0.6 is 0 Å². The summed E-state index contributed by atoms with van der Waals surface area (Å²) >= 11 is 0. The van der Waals surface area contributed by atoms with E-state index in [0.29, 0.717) is 19.5 Å². The Balaban J connectivity index is 1.98. The highest BCUT2D eigenvalue weighted by atomic mass is 16.3. The second-order valence-electron chi connectivity index (χ2n) is 4.44. The van der Waals surface area contributed by atoms with Crippen molar-refractivity contribution in [1.82, 2.24) is 10.2 Å². The molecular formula is C12H14N2O2. The van der Waals surface area contributed by atoms with Crippen LogP contribution in [0.1, 0.15) is 12.0 Å². The molecule has 2 saturated heterocycles. The van der Waals surface area contributed by atoms with E-state index in [1.807, 2.05) is 30.3 Å². The first-order valence-electron chi connectivity index (χ1n) is 5.54. The minimum absolute atomic E-state index is 0.0585. The number of benzene rings is 1. The maximum absolute atomic E-state index is 11.5. The van der Waals surface area contributed by atoms with Crippen molar-refractivity contribution < 1.29 is 9.90 Å². The number of amides is 2. The summed E-state index contributed by atoms with van der Waals surface area (Å²) in [6, 6.07) is 9.43. The fourth-order valence-electron chi connectivity index (χ4n) is 2.74. The molecule has 0 aromatic heterocycles. The average Bonchev–Trinajstić information content (AvgIpc) is 2.84. The van der Waals surface area contributed by atoms with Gasteiger partial charge in [0.25, 0.3) is 0 Å². The molecule has 2 aliphatic heterocycles. The number of aliphatic hydroxyl groups is 1. The molecule has 2 amide bonds. The van der Waals surface area contributed by atoms with E-state index in [1.165, 1.54) is 0 Å². The number of hydrogen-bond acceptors (Lipinski definition) is 2. The highest BCUT2D eigenvalue weighted by Crippen LogP contribution is 2.39. The first kappa shape index (κ1) is 9.66. The molecule has 4 nitrogen and oxygen atoms in total. The van der Waals surface area contributed by atoms with E-state index in [2.05, 4.69) is 5.32 Å². The van der Waals surface area contributed by atoms with Gasteiger partial charge in [-0.05, 0) is 5.56 Å². The second-order valence-corrected chi connectivity index (χ2v) is 4.44. The van der Waals surface area contributed by atoms with Crippen LogP contribution in [0.2, 0.25) is 0 Å². The van der Waals surface area contributed by atoms with E-state index in [0.717, 1.165) is 5.56 Å². The third kappa shape index (κ3) is 1.16. The highest BCUT2D eigenvalue weighted by Gasteiger charge is 2.51. The van der Waals surface area contributed by atoms with E-state index in [-0.39, 0.29) is 12.1 Å². The van der Waals surface area contributed by atoms with Crippen molar-refractivity contribution in [2.45, 2.75) is 18.1 Å². The predicted octanol–water partition coefficient (Wildman–Crippen LogP) is 0.672. The van der Waals surface area contributed by atoms with Crippen LogP contribution in [0.15, 0.2) is 30.3 Å². The summed E-state index contributed by atoms with van der Waals surface area (Å²) in [7, 11) is 0. The van der Waals surface area contributed by atoms with Crippen molar-refractivity contribution in [2.75, 3.05) is 13.1 Å². The number of carbonyl (C=O) groups is 1. The van der Waals surface area contributed by atoms with E-state index in [4.69, 9.17) is 0 Å². The highest BCUT2D eigenvalue weighted by molar-refractivity contribution is 5.77. The zero-order chi connectivity index (χ0) is 11.2. The van der Waals surface area contributed by atoms with Crippen LogP contribution in [0.3, 0.4) is 0 Å². The van der Waals surface area contributed by atoms with E-state index >= 15 is 0 Å². The van der Waals surface area contributed by atoms with Gasteiger partial charge in [-0.3, -0.25) is 0 Å². The molecule has 2 N–H and O–H groups in total. The summed E-state index contributed by atoms with van der Waals surface area (Å²) in [4.78, 5) is 13.2. The Labute approximate surface area is 93.9 Å². The minimum atomic E-state index is -0.888. The number of nitrogens with zero attached hydrogens (tertiary/aromatic N) is 1. The van der Waals surface area contributed by atoms with Gasteiger partial charge in [-0.1, -0.05) is 30.3 Å². The maximum Gasteiger partial charge on any atom is 0.317 e. The van der Waals surface area contributed by atoms with Gasteiger partial charge in [-0.2, -0.15) is 0 Å². The summed E-state index contributed by atoms with van der Waals surface area (Å²) < 4.78 is 0.